The first kappa shape index (κ1) is 9.52. The van der Waals surface area contributed by atoms with Crippen molar-refractivity contribution >= 4 is 12.2 Å². The van der Waals surface area contributed by atoms with Gasteiger partial charge in [0.2, 0.25) is 5.95 Å². The third kappa shape index (κ3) is 2.47. The Morgan fingerprint density at radius 1 is 1.00 bits per heavy atom. The summed E-state index contributed by atoms with van der Waals surface area (Å²) in [4.78, 5) is 7.46. The molecule has 0 atom stereocenters. The van der Waals surface area contributed by atoms with E-state index < -0.39 is 5.95 Å². The van der Waals surface area contributed by atoms with Crippen LogP contribution in [0.3, 0.4) is 0 Å². The van der Waals surface area contributed by atoms with Crippen LogP contribution in [0.1, 0.15) is 11.1 Å². The Labute approximate surface area is 87.1 Å². The predicted molar refractivity (Wildman–Crippen MR) is 57.4 cm³/mol. The van der Waals surface area contributed by atoms with Crippen LogP contribution in [-0.4, -0.2) is 9.97 Å². The summed E-state index contributed by atoms with van der Waals surface area (Å²) in [6, 6.07) is 7.09. The number of hydrogen-bond donors (Lipinski definition) is 0. The summed E-state index contributed by atoms with van der Waals surface area (Å²) in [7, 11) is 0. The van der Waals surface area contributed by atoms with Crippen molar-refractivity contribution < 1.29 is 4.39 Å². The van der Waals surface area contributed by atoms with Gasteiger partial charge in [0.1, 0.15) is 0 Å². The van der Waals surface area contributed by atoms with Gasteiger partial charge < -0.3 is 0 Å². The summed E-state index contributed by atoms with van der Waals surface area (Å²) in [5.41, 5.74) is 1.46. The molecule has 0 aliphatic rings. The minimum atomic E-state index is -0.456. The molecule has 0 saturated carbocycles. The zero-order valence-corrected chi connectivity index (χ0v) is 7.97. The maximum Gasteiger partial charge on any atom is 0.220 e. The van der Waals surface area contributed by atoms with Gasteiger partial charge in [-0.05, 0) is 35.9 Å². The Balaban J connectivity index is 2.23. The maximum absolute atomic E-state index is 13.1. The average molecular weight is 200 g/mol. The second-order valence-electron chi connectivity index (χ2n) is 3.00. The molecule has 2 aromatic rings. The zero-order valence-electron chi connectivity index (χ0n) is 7.97. The van der Waals surface area contributed by atoms with E-state index in [0.29, 0.717) is 5.56 Å². The topological polar surface area (TPSA) is 25.8 Å². The van der Waals surface area contributed by atoms with Crippen LogP contribution in [0.25, 0.3) is 12.2 Å². The highest BCUT2D eigenvalue weighted by Gasteiger charge is 1.96. The van der Waals surface area contributed by atoms with Crippen LogP contribution in [0.2, 0.25) is 0 Å². The largest absolute Gasteiger partial charge is 0.265 e. The highest BCUT2D eigenvalue weighted by atomic mass is 19.1. The molecule has 3 heteroatoms. The summed E-state index contributed by atoms with van der Waals surface area (Å²) in [5.74, 6) is -0.456. The molecule has 0 radical (unpaired) electrons. The first-order chi connectivity index (χ1) is 7.36. The Kier molecular flexibility index (Phi) is 2.83. The number of nitrogens with zero attached hydrogens (tertiary/aromatic N) is 2. The highest BCUT2D eigenvalue weighted by molar-refractivity contribution is 5.69. The van der Waals surface area contributed by atoms with Crippen molar-refractivity contribution in [2.75, 3.05) is 0 Å². The fraction of sp³-hybridized carbons (Fsp3) is 0. The Morgan fingerprint density at radius 3 is 2.53 bits per heavy atom. The molecule has 2 aromatic heterocycles. The van der Waals surface area contributed by atoms with Crippen molar-refractivity contribution in [2.24, 2.45) is 0 Å². The number of pyridine rings is 2. The van der Waals surface area contributed by atoms with Gasteiger partial charge in [-0.3, -0.25) is 4.98 Å². The van der Waals surface area contributed by atoms with E-state index in [2.05, 4.69) is 9.97 Å². The molecule has 2 rings (SSSR count). The second kappa shape index (κ2) is 4.46. The quantitative estimate of drug-likeness (QED) is 0.696. The summed E-state index contributed by atoms with van der Waals surface area (Å²) < 4.78 is 13.1. The zero-order chi connectivity index (χ0) is 10.5. The minimum Gasteiger partial charge on any atom is -0.265 e. The monoisotopic (exact) mass is 200 g/mol. The lowest BCUT2D eigenvalue weighted by Crippen LogP contribution is -1.84. The van der Waals surface area contributed by atoms with Crippen LogP contribution in [0.4, 0.5) is 4.39 Å². The molecule has 0 bridgehead atoms. The fourth-order valence-corrected chi connectivity index (χ4v) is 1.18. The summed E-state index contributed by atoms with van der Waals surface area (Å²) in [6.07, 6.45) is 8.33. The summed E-state index contributed by atoms with van der Waals surface area (Å²) in [5, 5.41) is 0. The van der Waals surface area contributed by atoms with Crippen molar-refractivity contribution in [1.29, 1.82) is 0 Å². The van der Waals surface area contributed by atoms with Crippen LogP contribution >= 0.6 is 0 Å². The third-order valence-corrected chi connectivity index (χ3v) is 1.95. The van der Waals surface area contributed by atoms with Crippen molar-refractivity contribution in [1.82, 2.24) is 9.97 Å². The number of halogens is 1. The Hall–Kier alpha value is -2.03. The molecular formula is C12H9FN2. The van der Waals surface area contributed by atoms with E-state index in [1.165, 1.54) is 6.20 Å². The van der Waals surface area contributed by atoms with Crippen LogP contribution in [0.5, 0.6) is 0 Å². The standard InChI is InChI=1S/C12H9FN2/c13-12-11(2-1-7-15-12)4-3-10-5-8-14-9-6-10/h1-9H/b4-3+. The van der Waals surface area contributed by atoms with Gasteiger partial charge in [-0.1, -0.05) is 6.08 Å². The molecular weight excluding hydrogens is 191 g/mol. The average Bonchev–Trinajstić information content (AvgIpc) is 2.29. The molecule has 15 heavy (non-hydrogen) atoms. The maximum atomic E-state index is 13.1. The van der Waals surface area contributed by atoms with Gasteiger partial charge in [0, 0.05) is 24.2 Å². The van der Waals surface area contributed by atoms with Gasteiger partial charge in [0.15, 0.2) is 0 Å². The Bertz CT molecular complexity index is 466. The molecule has 0 unspecified atom stereocenters. The van der Waals surface area contributed by atoms with E-state index >= 15 is 0 Å². The normalized spacial score (nSPS) is 10.7. The molecule has 74 valence electrons. The molecule has 0 saturated heterocycles. The Morgan fingerprint density at radius 2 is 1.80 bits per heavy atom. The smallest absolute Gasteiger partial charge is 0.220 e. The van der Waals surface area contributed by atoms with E-state index in [1.54, 1.807) is 30.6 Å². The first-order valence-corrected chi connectivity index (χ1v) is 4.55. The molecule has 2 heterocycles. The van der Waals surface area contributed by atoms with Crippen LogP contribution < -0.4 is 0 Å². The van der Waals surface area contributed by atoms with E-state index in [1.807, 2.05) is 18.2 Å². The predicted octanol–water partition coefficient (Wildman–Crippen LogP) is 2.79. The van der Waals surface area contributed by atoms with Gasteiger partial charge in [0.25, 0.3) is 0 Å². The molecule has 0 spiro atoms. The molecule has 2 nitrogen and oxygen atoms in total. The SMILES string of the molecule is Fc1ncccc1/C=C/c1ccncc1. The third-order valence-electron chi connectivity index (χ3n) is 1.95. The lowest BCUT2D eigenvalue weighted by atomic mass is 10.2. The number of hydrogen-bond acceptors (Lipinski definition) is 2. The van der Waals surface area contributed by atoms with Gasteiger partial charge in [-0.25, -0.2) is 4.98 Å². The van der Waals surface area contributed by atoms with Crippen molar-refractivity contribution in [3.05, 3.63) is 59.9 Å². The highest BCUT2D eigenvalue weighted by Crippen LogP contribution is 2.08. The van der Waals surface area contributed by atoms with Gasteiger partial charge >= 0.3 is 0 Å². The van der Waals surface area contributed by atoms with Crippen LogP contribution in [-0.2, 0) is 0 Å². The summed E-state index contributed by atoms with van der Waals surface area (Å²) in [6.45, 7) is 0. The van der Waals surface area contributed by atoms with E-state index in [0.717, 1.165) is 5.56 Å². The van der Waals surface area contributed by atoms with Crippen LogP contribution in [0, 0.1) is 5.95 Å². The molecule has 0 amide bonds. The number of rotatable bonds is 2. The van der Waals surface area contributed by atoms with Gasteiger partial charge in [-0.2, -0.15) is 4.39 Å². The summed E-state index contributed by atoms with van der Waals surface area (Å²) >= 11 is 0. The molecule has 0 aliphatic carbocycles. The van der Waals surface area contributed by atoms with Gasteiger partial charge in [0.05, 0.1) is 0 Å². The van der Waals surface area contributed by atoms with E-state index in [4.69, 9.17) is 0 Å². The van der Waals surface area contributed by atoms with Crippen LogP contribution in [0.15, 0.2) is 42.9 Å². The lowest BCUT2D eigenvalue weighted by molar-refractivity contribution is 0.581. The molecule has 0 aliphatic heterocycles. The van der Waals surface area contributed by atoms with E-state index in [9.17, 15) is 4.39 Å². The fourth-order valence-electron chi connectivity index (χ4n) is 1.18. The van der Waals surface area contributed by atoms with Crippen molar-refractivity contribution in [3.8, 4) is 0 Å². The van der Waals surface area contributed by atoms with E-state index in [-0.39, 0.29) is 0 Å². The minimum absolute atomic E-state index is 0.456. The van der Waals surface area contributed by atoms with Gasteiger partial charge in [-0.15, -0.1) is 0 Å². The van der Waals surface area contributed by atoms with Crippen molar-refractivity contribution in [3.63, 3.8) is 0 Å². The lowest BCUT2D eigenvalue weighted by Gasteiger charge is -1.94. The van der Waals surface area contributed by atoms with Crippen molar-refractivity contribution in [2.45, 2.75) is 0 Å². The second-order valence-corrected chi connectivity index (χ2v) is 3.00. The molecule has 0 N–H and O–H groups in total. The number of aromatic nitrogens is 2. The molecule has 0 fully saturated rings. The molecule has 0 aromatic carbocycles. The first-order valence-electron chi connectivity index (χ1n) is 4.55.